The zero-order chi connectivity index (χ0) is 22.1. The number of nitrogens with one attached hydrogen (secondary N) is 1. The molecule has 0 aliphatic carbocycles. The van der Waals surface area contributed by atoms with Crippen molar-refractivity contribution in [3.05, 3.63) is 58.3 Å². The highest BCUT2D eigenvalue weighted by Crippen LogP contribution is 2.34. The molecule has 0 spiro atoms. The third-order valence-corrected chi connectivity index (χ3v) is 6.11. The van der Waals surface area contributed by atoms with Gasteiger partial charge in [-0.15, -0.1) is 0 Å². The lowest BCUT2D eigenvalue weighted by molar-refractivity contribution is 0.174. The van der Waals surface area contributed by atoms with Crippen LogP contribution in [0.5, 0.6) is 11.5 Å². The Balaban J connectivity index is 1.24. The second kappa shape index (κ2) is 8.90. The summed E-state index contributed by atoms with van der Waals surface area (Å²) in [5.41, 5.74) is 8.79. The molecule has 0 amide bonds. The summed E-state index contributed by atoms with van der Waals surface area (Å²) >= 11 is 12.3. The number of halogens is 2. The molecule has 0 bridgehead atoms. The maximum atomic E-state index is 6.41. The topological polar surface area (TPSA) is 88.8 Å². The number of nitrogens with zero attached hydrogens (tertiary/aromatic N) is 4. The number of nitrogens with two attached hydrogens (primary N) is 1. The van der Waals surface area contributed by atoms with E-state index in [0.29, 0.717) is 34.0 Å². The maximum Gasteiger partial charge on any atom is 0.231 e. The first-order valence-electron chi connectivity index (χ1n) is 10.3. The van der Waals surface area contributed by atoms with Crippen LogP contribution in [0.1, 0.15) is 5.56 Å². The number of anilines is 4. The highest BCUT2D eigenvalue weighted by molar-refractivity contribution is 6.36. The fourth-order valence-corrected chi connectivity index (χ4v) is 4.33. The Labute approximate surface area is 195 Å². The highest BCUT2D eigenvalue weighted by atomic mass is 35.5. The molecule has 2 aliphatic heterocycles. The molecule has 1 fully saturated rings. The monoisotopic (exact) mass is 472 g/mol. The van der Waals surface area contributed by atoms with Crippen molar-refractivity contribution in [1.82, 2.24) is 14.9 Å². The molecule has 1 aromatic heterocycles. The number of benzene rings is 2. The third kappa shape index (κ3) is 4.34. The Morgan fingerprint density at radius 1 is 0.969 bits per heavy atom. The number of fused-ring (bicyclic) bond motifs is 1. The summed E-state index contributed by atoms with van der Waals surface area (Å²) in [6.07, 6.45) is 1.51. The van der Waals surface area contributed by atoms with Crippen molar-refractivity contribution in [2.24, 2.45) is 0 Å². The Kier molecular flexibility index (Phi) is 5.82. The SMILES string of the molecule is Nc1c(Nc2ccc(Cl)cc2Cl)ncnc1N1CCN(Cc2ccc3c(c2)OCO3)CC1. The highest BCUT2D eigenvalue weighted by Gasteiger charge is 2.22. The second-order valence-electron chi connectivity index (χ2n) is 7.66. The van der Waals surface area contributed by atoms with Crippen molar-refractivity contribution in [3.63, 3.8) is 0 Å². The number of rotatable bonds is 5. The van der Waals surface area contributed by atoms with Gasteiger partial charge < -0.3 is 25.4 Å². The van der Waals surface area contributed by atoms with Crippen molar-refractivity contribution < 1.29 is 9.47 Å². The number of aromatic nitrogens is 2. The molecule has 8 nitrogen and oxygen atoms in total. The lowest BCUT2D eigenvalue weighted by Gasteiger charge is -2.36. The van der Waals surface area contributed by atoms with Gasteiger partial charge >= 0.3 is 0 Å². The molecule has 2 aliphatic rings. The Bertz CT molecular complexity index is 1140. The number of hydrogen-bond donors (Lipinski definition) is 2. The Morgan fingerprint density at radius 2 is 1.78 bits per heavy atom. The summed E-state index contributed by atoms with van der Waals surface area (Å²) in [5, 5.41) is 4.24. The molecular weight excluding hydrogens is 451 g/mol. The van der Waals surface area contributed by atoms with E-state index in [9.17, 15) is 0 Å². The molecule has 1 saturated heterocycles. The molecular formula is C22H22Cl2N6O2. The van der Waals surface area contributed by atoms with Crippen molar-refractivity contribution in [2.75, 3.05) is 48.9 Å². The van der Waals surface area contributed by atoms with Gasteiger partial charge in [-0.05, 0) is 35.9 Å². The largest absolute Gasteiger partial charge is 0.454 e. The Hall–Kier alpha value is -2.94. The van der Waals surface area contributed by atoms with E-state index < -0.39 is 0 Å². The van der Waals surface area contributed by atoms with Crippen molar-refractivity contribution in [1.29, 1.82) is 0 Å². The quantitative estimate of drug-likeness (QED) is 0.571. The van der Waals surface area contributed by atoms with Crippen LogP contribution in [0.15, 0.2) is 42.7 Å². The van der Waals surface area contributed by atoms with E-state index in [1.165, 1.54) is 11.9 Å². The van der Waals surface area contributed by atoms with Crippen LogP contribution in [0, 0.1) is 0 Å². The minimum atomic E-state index is 0.291. The second-order valence-corrected chi connectivity index (χ2v) is 8.50. The Morgan fingerprint density at radius 3 is 2.59 bits per heavy atom. The van der Waals surface area contributed by atoms with Crippen molar-refractivity contribution in [3.8, 4) is 11.5 Å². The number of ether oxygens (including phenoxy) is 2. The molecule has 3 heterocycles. The van der Waals surface area contributed by atoms with Crippen molar-refractivity contribution >= 4 is 46.2 Å². The summed E-state index contributed by atoms with van der Waals surface area (Å²) < 4.78 is 10.9. The normalized spacial score (nSPS) is 15.8. The van der Waals surface area contributed by atoms with Crippen LogP contribution in [-0.2, 0) is 6.54 Å². The van der Waals surface area contributed by atoms with Crippen LogP contribution < -0.4 is 25.4 Å². The molecule has 3 aromatic rings. The molecule has 10 heteroatoms. The molecule has 0 saturated carbocycles. The van der Waals surface area contributed by atoms with Gasteiger partial charge in [0.25, 0.3) is 0 Å². The van der Waals surface area contributed by atoms with E-state index in [1.807, 2.05) is 6.07 Å². The standard InChI is InChI=1S/C22H22Cl2N6O2/c23-15-2-3-17(16(24)10-15)28-21-20(25)22(27-12-26-21)30-7-5-29(6-8-30)11-14-1-4-18-19(9-14)32-13-31-18/h1-4,9-10,12H,5-8,11,13,25H2,(H,26,27,28). The third-order valence-electron chi connectivity index (χ3n) is 5.56. The molecule has 5 rings (SSSR count). The van der Waals surface area contributed by atoms with Crippen LogP contribution in [-0.4, -0.2) is 47.8 Å². The van der Waals surface area contributed by atoms with Gasteiger partial charge in [0.15, 0.2) is 23.1 Å². The van der Waals surface area contributed by atoms with E-state index in [1.54, 1.807) is 18.2 Å². The van der Waals surface area contributed by atoms with E-state index in [2.05, 4.69) is 37.2 Å². The van der Waals surface area contributed by atoms with Crippen LogP contribution in [0.25, 0.3) is 0 Å². The van der Waals surface area contributed by atoms with Crippen LogP contribution >= 0.6 is 23.2 Å². The fourth-order valence-electron chi connectivity index (χ4n) is 3.87. The van der Waals surface area contributed by atoms with Gasteiger partial charge in [-0.2, -0.15) is 0 Å². The van der Waals surface area contributed by atoms with Gasteiger partial charge in [0.1, 0.15) is 12.0 Å². The van der Waals surface area contributed by atoms with Crippen LogP contribution in [0.4, 0.5) is 23.0 Å². The predicted molar refractivity (Wildman–Crippen MR) is 126 cm³/mol. The lowest BCUT2D eigenvalue weighted by Crippen LogP contribution is -2.46. The molecule has 0 unspecified atom stereocenters. The van der Waals surface area contributed by atoms with E-state index >= 15 is 0 Å². The van der Waals surface area contributed by atoms with Gasteiger partial charge in [0, 0.05) is 37.7 Å². The predicted octanol–water partition coefficient (Wildman–Crippen LogP) is 4.16. The van der Waals surface area contributed by atoms with Gasteiger partial charge in [-0.3, -0.25) is 4.90 Å². The summed E-state index contributed by atoms with van der Waals surface area (Å²) in [6.45, 7) is 4.55. The molecule has 0 radical (unpaired) electrons. The van der Waals surface area contributed by atoms with Crippen LogP contribution in [0.3, 0.4) is 0 Å². The zero-order valence-corrected chi connectivity index (χ0v) is 18.7. The number of hydrogen-bond acceptors (Lipinski definition) is 8. The average molecular weight is 473 g/mol. The van der Waals surface area contributed by atoms with Gasteiger partial charge in [0.05, 0.1) is 10.7 Å². The molecule has 0 atom stereocenters. The smallest absolute Gasteiger partial charge is 0.231 e. The number of piperazine rings is 1. The summed E-state index contributed by atoms with van der Waals surface area (Å²) in [6, 6.07) is 11.3. The first-order chi connectivity index (χ1) is 15.6. The summed E-state index contributed by atoms with van der Waals surface area (Å²) in [4.78, 5) is 13.3. The van der Waals surface area contributed by atoms with E-state index in [0.717, 1.165) is 50.0 Å². The van der Waals surface area contributed by atoms with E-state index in [-0.39, 0.29) is 0 Å². The molecule has 32 heavy (non-hydrogen) atoms. The summed E-state index contributed by atoms with van der Waals surface area (Å²) in [5.74, 6) is 2.86. The van der Waals surface area contributed by atoms with Gasteiger partial charge in [0.2, 0.25) is 6.79 Å². The van der Waals surface area contributed by atoms with Crippen LogP contribution in [0.2, 0.25) is 10.0 Å². The van der Waals surface area contributed by atoms with Crippen molar-refractivity contribution in [2.45, 2.75) is 6.54 Å². The zero-order valence-electron chi connectivity index (χ0n) is 17.2. The molecule has 2 aromatic carbocycles. The number of nitrogen functional groups attached to an aromatic ring is 1. The first-order valence-corrected chi connectivity index (χ1v) is 11.0. The maximum absolute atomic E-state index is 6.41. The minimum Gasteiger partial charge on any atom is -0.454 e. The average Bonchev–Trinajstić information content (AvgIpc) is 3.26. The molecule has 3 N–H and O–H groups in total. The fraction of sp³-hybridized carbons (Fsp3) is 0.273. The minimum absolute atomic E-state index is 0.291. The first kappa shape index (κ1) is 20.9. The molecule has 166 valence electrons. The van der Waals surface area contributed by atoms with Gasteiger partial charge in [-0.25, -0.2) is 9.97 Å². The summed E-state index contributed by atoms with van der Waals surface area (Å²) in [7, 11) is 0. The van der Waals surface area contributed by atoms with Gasteiger partial charge in [-0.1, -0.05) is 29.3 Å². The lowest BCUT2D eigenvalue weighted by atomic mass is 10.1. The van der Waals surface area contributed by atoms with E-state index in [4.69, 9.17) is 38.4 Å².